The molecule has 0 amide bonds. The maximum Gasteiger partial charge on any atom is 0.512 e. The van der Waals surface area contributed by atoms with Crippen molar-refractivity contribution in [2.45, 2.75) is 45.8 Å². The van der Waals surface area contributed by atoms with Gasteiger partial charge in [-0.2, -0.15) is 0 Å². The Kier molecular flexibility index (Phi) is 3.09. The molecule has 0 radical (unpaired) electrons. The third-order valence-corrected chi connectivity index (χ3v) is 5.28. The minimum Gasteiger partial charge on any atom is -0.398 e. The first-order valence-electron chi connectivity index (χ1n) is 6.84. The van der Waals surface area contributed by atoms with Gasteiger partial charge in [0.2, 0.25) is 0 Å². The number of aryl methyl sites for hydroxylation is 1. The minimum absolute atomic E-state index is 0.314. The van der Waals surface area contributed by atoms with E-state index in [4.69, 9.17) is 9.31 Å². The van der Waals surface area contributed by atoms with Gasteiger partial charge in [-0.15, -0.1) is 0 Å². The zero-order chi connectivity index (χ0) is 14.7. The lowest BCUT2D eigenvalue weighted by atomic mass is 9.85. The lowest BCUT2D eigenvalue weighted by Crippen LogP contribution is -2.41. The van der Waals surface area contributed by atoms with Crippen molar-refractivity contribution < 1.29 is 9.31 Å². The van der Waals surface area contributed by atoms with Crippen molar-refractivity contribution in [3.05, 3.63) is 28.2 Å². The summed E-state index contributed by atoms with van der Waals surface area (Å²) in [6.45, 7) is 10.3. The van der Waals surface area contributed by atoms with E-state index in [9.17, 15) is 0 Å². The molecule has 1 aliphatic rings. The standard InChI is InChI=1S/C15H19BBrNO2/c1-9-6-12-10(7-11(9)17)8-13(18-12)16-19-14(2,3)15(4,5)20-16/h6-8,18H,1-5H3. The Labute approximate surface area is 128 Å². The molecule has 20 heavy (non-hydrogen) atoms. The van der Waals surface area contributed by atoms with Crippen LogP contribution in [0.2, 0.25) is 0 Å². The van der Waals surface area contributed by atoms with Crippen LogP contribution in [0, 0.1) is 6.92 Å². The zero-order valence-corrected chi connectivity index (χ0v) is 14.1. The molecule has 1 aromatic heterocycles. The van der Waals surface area contributed by atoms with E-state index in [0.29, 0.717) is 0 Å². The number of hydrogen-bond acceptors (Lipinski definition) is 2. The third kappa shape index (κ3) is 2.12. The summed E-state index contributed by atoms with van der Waals surface area (Å²) in [7, 11) is -0.341. The molecular weight excluding hydrogens is 317 g/mol. The fourth-order valence-electron chi connectivity index (χ4n) is 2.38. The number of hydrogen-bond donors (Lipinski definition) is 1. The van der Waals surface area contributed by atoms with E-state index in [1.165, 1.54) is 5.56 Å². The summed E-state index contributed by atoms with van der Waals surface area (Å²) in [4.78, 5) is 3.41. The van der Waals surface area contributed by atoms with Gasteiger partial charge in [-0.1, -0.05) is 15.9 Å². The normalized spacial score (nSPS) is 20.8. The lowest BCUT2D eigenvalue weighted by molar-refractivity contribution is 0.00578. The van der Waals surface area contributed by atoms with E-state index >= 15 is 0 Å². The lowest BCUT2D eigenvalue weighted by Gasteiger charge is -2.32. The second kappa shape index (κ2) is 4.36. The summed E-state index contributed by atoms with van der Waals surface area (Å²) >= 11 is 3.57. The molecule has 0 atom stereocenters. The second-order valence-electron chi connectivity index (χ2n) is 6.50. The molecule has 0 spiro atoms. The smallest absolute Gasteiger partial charge is 0.398 e. The van der Waals surface area contributed by atoms with Crippen LogP contribution in [0.1, 0.15) is 33.3 Å². The fourth-order valence-corrected chi connectivity index (χ4v) is 2.74. The number of fused-ring (bicyclic) bond motifs is 1. The molecule has 3 rings (SSSR count). The number of aromatic amines is 1. The van der Waals surface area contributed by atoms with Crippen LogP contribution in [0.3, 0.4) is 0 Å². The Morgan fingerprint density at radius 2 is 1.65 bits per heavy atom. The summed E-state index contributed by atoms with van der Waals surface area (Å²) in [6.07, 6.45) is 0. The van der Waals surface area contributed by atoms with Crippen LogP contribution < -0.4 is 5.59 Å². The molecule has 5 heteroatoms. The largest absolute Gasteiger partial charge is 0.512 e. The van der Waals surface area contributed by atoms with E-state index in [0.717, 1.165) is 21.0 Å². The average molecular weight is 336 g/mol. The van der Waals surface area contributed by atoms with Gasteiger partial charge in [-0.05, 0) is 58.4 Å². The van der Waals surface area contributed by atoms with Crippen LogP contribution in [0.15, 0.2) is 22.7 Å². The number of aromatic nitrogens is 1. The SMILES string of the molecule is Cc1cc2[nH]c(B3OC(C)(C)C(C)(C)O3)cc2cc1Br. The number of H-pyrrole nitrogens is 1. The second-order valence-corrected chi connectivity index (χ2v) is 7.36. The predicted molar refractivity (Wildman–Crippen MR) is 86.5 cm³/mol. The molecule has 1 aromatic carbocycles. The van der Waals surface area contributed by atoms with Gasteiger partial charge in [-0.25, -0.2) is 0 Å². The van der Waals surface area contributed by atoms with Gasteiger partial charge in [0, 0.05) is 21.0 Å². The Balaban J connectivity index is 2.00. The summed E-state index contributed by atoms with van der Waals surface area (Å²) < 4.78 is 13.3. The molecule has 1 saturated heterocycles. The first-order valence-corrected chi connectivity index (χ1v) is 7.63. The van der Waals surface area contributed by atoms with E-state index in [1.807, 2.05) is 0 Å². The Hall–Kier alpha value is -0.775. The van der Waals surface area contributed by atoms with Gasteiger partial charge in [0.05, 0.1) is 11.2 Å². The van der Waals surface area contributed by atoms with Gasteiger partial charge in [-0.3, -0.25) is 0 Å². The molecule has 106 valence electrons. The molecule has 0 aliphatic carbocycles. The van der Waals surface area contributed by atoms with Crippen LogP contribution >= 0.6 is 15.9 Å². The van der Waals surface area contributed by atoms with Crippen LogP contribution in [-0.4, -0.2) is 23.3 Å². The minimum atomic E-state index is -0.341. The maximum atomic E-state index is 6.07. The molecule has 0 bridgehead atoms. The number of rotatable bonds is 1. The summed E-state index contributed by atoms with van der Waals surface area (Å²) in [6, 6.07) is 6.35. The quantitative estimate of drug-likeness (QED) is 0.809. The monoisotopic (exact) mass is 335 g/mol. The highest BCUT2D eigenvalue weighted by molar-refractivity contribution is 9.10. The van der Waals surface area contributed by atoms with Crippen LogP contribution in [0.5, 0.6) is 0 Å². The van der Waals surface area contributed by atoms with Crippen molar-refractivity contribution in [2.75, 3.05) is 0 Å². The Morgan fingerprint density at radius 1 is 1.05 bits per heavy atom. The summed E-state index contributed by atoms with van der Waals surface area (Å²) in [5.74, 6) is 0. The van der Waals surface area contributed by atoms with E-state index in [1.54, 1.807) is 0 Å². The molecule has 0 saturated carbocycles. The summed E-state index contributed by atoms with van der Waals surface area (Å²) in [5, 5.41) is 1.16. The van der Waals surface area contributed by atoms with Gasteiger partial charge < -0.3 is 14.3 Å². The predicted octanol–water partition coefficient (Wildman–Crippen LogP) is 3.54. The van der Waals surface area contributed by atoms with Crippen LogP contribution in [-0.2, 0) is 9.31 Å². The van der Waals surface area contributed by atoms with Crippen molar-refractivity contribution in [1.82, 2.24) is 4.98 Å². The molecular formula is C15H19BBrNO2. The Bertz CT molecular complexity index is 623. The maximum absolute atomic E-state index is 6.07. The summed E-state index contributed by atoms with van der Waals surface area (Å²) in [5.41, 5.74) is 2.66. The van der Waals surface area contributed by atoms with Gasteiger partial charge >= 0.3 is 7.12 Å². The van der Waals surface area contributed by atoms with Crippen molar-refractivity contribution >= 4 is 39.5 Å². The highest BCUT2D eigenvalue weighted by Gasteiger charge is 2.52. The van der Waals surface area contributed by atoms with E-state index < -0.39 is 0 Å². The molecule has 1 N–H and O–H groups in total. The van der Waals surface area contributed by atoms with E-state index in [-0.39, 0.29) is 18.3 Å². The van der Waals surface area contributed by atoms with Crippen molar-refractivity contribution in [1.29, 1.82) is 0 Å². The molecule has 3 nitrogen and oxygen atoms in total. The number of benzene rings is 1. The van der Waals surface area contributed by atoms with Crippen LogP contribution in [0.25, 0.3) is 10.9 Å². The molecule has 2 heterocycles. The van der Waals surface area contributed by atoms with Crippen molar-refractivity contribution in [2.24, 2.45) is 0 Å². The fraction of sp³-hybridized carbons (Fsp3) is 0.467. The molecule has 1 fully saturated rings. The van der Waals surface area contributed by atoms with Gasteiger partial charge in [0.1, 0.15) is 0 Å². The first kappa shape index (κ1) is 14.2. The molecule has 1 aliphatic heterocycles. The molecule has 2 aromatic rings. The first-order chi connectivity index (χ1) is 9.19. The van der Waals surface area contributed by atoms with Gasteiger partial charge in [0.25, 0.3) is 0 Å². The Morgan fingerprint density at radius 3 is 2.25 bits per heavy atom. The average Bonchev–Trinajstić information content (AvgIpc) is 2.79. The van der Waals surface area contributed by atoms with E-state index in [2.05, 4.69) is 73.7 Å². The van der Waals surface area contributed by atoms with Crippen LogP contribution in [0.4, 0.5) is 0 Å². The van der Waals surface area contributed by atoms with Crippen molar-refractivity contribution in [3.8, 4) is 0 Å². The zero-order valence-electron chi connectivity index (χ0n) is 12.5. The highest BCUT2D eigenvalue weighted by Crippen LogP contribution is 2.36. The number of nitrogens with one attached hydrogen (secondary N) is 1. The molecule has 0 unspecified atom stereocenters. The van der Waals surface area contributed by atoms with Gasteiger partial charge in [0.15, 0.2) is 0 Å². The van der Waals surface area contributed by atoms with Crippen molar-refractivity contribution in [3.63, 3.8) is 0 Å². The number of halogens is 1. The third-order valence-electron chi connectivity index (χ3n) is 4.43. The highest BCUT2D eigenvalue weighted by atomic mass is 79.9. The topological polar surface area (TPSA) is 34.2 Å².